The zero-order chi connectivity index (χ0) is 12.4. The van der Waals surface area contributed by atoms with Crippen molar-refractivity contribution in [2.45, 2.75) is 52.1 Å². The Labute approximate surface area is 104 Å². The summed E-state index contributed by atoms with van der Waals surface area (Å²) in [6.45, 7) is 7.79. The van der Waals surface area contributed by atoms with Crippen LogP contribution >= 0.6 is 0 Å². The fourth-order valence-corrected chi connectivity index (χ4v) is 3.05. The van der Waals surface area contributed by atoms with Crippen LogP contribution in [0.25, 0.3) is 0 Å². The minimum atomic E-state index is 0.399. The molecule has 2 nitrogen and oxygen atoms in total. The van der Waals surface area contributed by atoms with Gasteiger partial charge in [0.15, 0.2) is 0 Å². The number of phenols is 1. The second-order valence-electron chi connectivity index (χ2n) is 5.22. The molecule has 0 amide bonds. The SMILES string of the molecule is CCN(C(C)C)C1CCCc2ccc(O)cc21. The fourth-order valence-electron chi connectivity index (χ4n) is 3.05. The molecule has 2 rings (SSSR count). The number of fused-ring (bicyclic) bond motifs is 1. The first-order valence-electron chi connectivity index (χ1n) is 6.71. The number of nitrogens with zero attached hydrogens (tertiary/aromatic N) is 1. The summed E-state index contributed by atoms with van der Waals surface area (Å²) in [6.07, 6.45) is 3.62. The van der Waals surface area contributed by atoms with Crippen molar-refractivity contribution in [2.75, 3.05) is 6.54 Å². The van der Waals surface area contributed by atoms with Gasteiger partial charge < -0.3 is 5.11 Å². The van der Waals surface area contributed by atoms with E-state index in [1.807, 2.05) is 12.1 Å². The zero-order valence-electron chi connectivity index (χ0n) is 11.1. The highest BCUT2D eigenvalue weighted by Gasteiger charge is 2.26. The van der Waals surface area contributed by atoms with Gasteiger partial charge in [-0.05, 0) is 62.9 Å². The molecular weight excluding hydrogens is 210 g/mol. The van der Waals surface area contributed by atoms with Gasteiger partial charge in [0.05, 0.1) is 0 Å². The molecule has 0 fully saturated rings. The maximum atomic E-state index is 9.68. The molecule has 0 radical (unpaired) electrons. The zero-order valence-corrected chi connectivity index (χ0v) is 11.1. The summed E-state index contributed by atoms with van der Waals surface area (Å²) in [5, 5.41) is 9.68. The van der Waals surface area contributed by atoms with Crippen LogP contribution in [-0.4, -0.2) is 22.6 Å². The van der Waals surface area contributed by atoms with Crippen molar-refractivity contribution < 1.29 is 5.11 Å². The van der Waals surface area contributed by atoms with Gasteiger partial charge in [0.2, 0.25) is 0 Å². The number of hydrogen-bond acceptors (Lipinski definition) is 2. The molecule has 1 aliphatic carbocycles. The Hall–Kier alpha value is -1.02. The summed E-state index contributed by atoms with van der Waals surface area (Å²) in [5.74, 6) is 0.399. The molecule has 94 valence electrons. The minimum absolute atomic E-state index is 0.399. The number of aromatic hydroxyl groups is 1. The lowest BCUT2D eigenvalue weighted by Gasteiger charge is -2.38. The van der Waals surface area contributed by atoms with E-state index in [4.69, 9.17) is 0 Å². The van der Waals surface area contributed by atoms with Gasteiger partial charge in [0, 0.05) is 12.1 Å². The molecule has 0 aromatic heterocycles. The van der Waals surface area contributed by atoms with E-state index in [2.05, 4.69) is 31.7 Å². The molecular formula is C15H23NO. The highest BCUT2D eigenvalue weighted by molar-refractivity contribution is 5.38. The quantitative estimate of drug-likeness (QED) is 0.863. The third-order valence-corrected chi connectivity index (χ3v) is 3.84. The van der Waals surface area contributed by atoms with Gasteiger partial charge in [-0.1, -0.05) is 13.0 Å². The topological polar surface area (TPSA) is 23.5 Å². The van der Waals surface area contributed by atoms with E-state index in [0.717, 1.165) is 13.0 Å². The Morgan fingerprint density at radius 1 is 1.41 bits per heavy atom. The van der Waals surface area contributed by atoms with Crippen molar-refractivity contribution in [3.05, 3.63) is 29.3 Å². The van der Waals surface area contributed by atoms with Crippen LogP contribution < -0.4 is 0 Å². The van der Waals surface area contributed by atoms with Crippen LogP contribution in [0, 0.1) is 0 Å². The van der Waals surface area contributed by atoms with E-state index in [-0.39, 0.29) is 0 Å². The summed E-state index contributed by atoms with van der Waals surface area (Å²) >= 11 is 0. The Balaban J connectivity index is 2.36. The lowest BCUT2D eigenvalue weighted by Crippen LogP contribution is -2.36. The second kappa shape index (κ2) is 5.09. The van der Waals surface area contributed by atoms with Gasteiger partial charge in [-0.2, -0.15) is 0 Å². The van der Waals surface area contributed by atoms with Crippen molar-refractivity contribution in [3.63, 3.8) is 0 Å². The lowest BCUT2D eigenvalue weighted by atomic mass is 9.86. The van der Waals surface area contributed by atoms with Crippen LogP contribution in [0.2, 0.25) is 0 Å². The first-order valence-corrected chi connectivity index (χ1v) is 6.71. The fraction of sp³-hybridized carbons (Fsp3) is 0.600. The number of aryl methyl sites for hydroxylation is 1. The predicted octanol–water partition coefficient (Wildman–Crippen LogP) is 3.50. The average molecular weight is 233 g/mol. The smallest absolute Gasteiger partial charge is 0.115 e. The Morgan fingerprint density at radius 2 is 2.18 bits per heavy atom. The van der Waals surface area contributed by atoms with Crippen LogP contribution in [0.4, 0.5) is 0 Å². The van der Waals surface area contributed by atoms with E-state index in [0.29, 0.717) is 17.8 Å². The minimum Gasteiger partial charge on any atom is -0.508 e. The van der Waals surface area contributed by atoms with Crippen molar-refractivity contribution >= 4 is 0 Å². The monoisotopic (exact) mass is 233 g/mol. The number of benzene rings is 1. The number of phenolic OH excluding ortho intramolecular Hbond substituents is 1. The first-order chi connectivity index (χ1) is 8.13. The molecule has 1 aliphatic rings. The number of rotatable bonds is 3. The third-order valence-electron chi connectivity index (χ3n) is 3.84. The highest BCUT2D eigenvalue weighted by atomic mass is 16.3. The molecule has 0 saturated carbocycles. The molecule has 17 heavy (non-hydrogen) atoms. The summed E-state index contributed by atoms with van der Waals surface area (Å²) in [7, 11) is 0. The first kappa shape index (κ1) is 12.4. The van der Waals surface area contributed by atoms with Crippen LogP contribution in [0.5, 0.6) is 5.75 Å². The maximum Gasteiger partial charge on any atom is 0.115 e. The van der Waals surface area contributed by atoms with Gasteiger partial charge >= 0.3 is 0 Å². The molecule has 2 heteroatoms. The summed E-state index contributed by atoms with van der Waals surface area (Å²) in [6, 6.07) is 6.90. The lowest BCUT2D eigenvalue weighted by molar-refractivity contribution is 0.146. The highest BCUT2D eigenvalue weighted by Crippen LogP contribution is 2.36. The molecule has 1 aromatic rings. The van der Waals surface area contributed by atoms with Crippen LogP contribution in [0.15, 0.2) is 18.2 Å². The molecule has 0 bridgehead atoms. The van der Waals surface area contributed by atoms with E-state index < -0.39 is 0 Å². The van der Waals surface area contributed by atoms with Crippen molar-refractivity contribution in [1.82, 2.24) is 4.90 Å². The van der Waals surface area contributed by atoms with Gasteiger partial charge in [-0.3, -0.25) is 4.90 Å². The summed E-state index contributed by atoms with van der Waals surface area (Å²) in [5.41, 5.74) is 2.75. The van der Waals surface area contributed by atoms with Crippen LogP contribution in [0.1, 0.15) is 50.8 Å². The summed E-state index contributed by atoms with van der Waals surface area (Å²) < 4.78 is 0. The molecule has 0 heterocycles. The van der Waals surface area contributed by atoms with E-state index in [1.165, 1.54) is 24.0 Å². The van der Waals surface area contributed by atoms with Crippen LogP contribution in [0.3, 0.4) is 0 Å². The molecule has 1 N–H and O–H groups in total. The largest absolute Gasteiger partial charge is 0.508 e. The summed E-state index contributed by atoms with van der Waals surface area (Å²) in [4.78, 5) is 2.53. The predicted molar refractivity (Wildman–Crippen MR) is 71.3 cm³/mol. The Morgan fingerprint density at radius 3 is 2.82 bits per heavy atom. The molecule has 1 aromatic carbocycles. The average Bonchev–Trinajstić information content (AvgIpc) is 2.30. The van der Waals surface area contributed by atoms with E-state index >= 15 is 0 Å². The standard InChI is InChI=1S/C15H23NO/c1-4-16(11(2)3)15-7-5-6-12-8-9-13(17)10-14(12)15/h8-11,15,17H,4-7H2,1-3H3. The van der Waals surface area contributed by atoms with Crippen LogP contribution in [-0.2, 0) is 6.42 Å². The molecule has 0 spiro atoms. The third kappa shape index (κ3) is 2.47. The van der Waals surface area contributed by atoms with Crippen molar-refractivity contribution in [1.29, 1.82) is 0 Å². The molecule has 0 aliphatic heterocycles. The number of hydrogen-bond donors (Lipinski definition) is 1. The Kier molecular flexibility index (Phi) is 3.72. The maximum absolute atomic E-state index is 9.68. The van der Waals surface area contributed by atoms with E-state index in [1.54, 1.807) is 0 Å². The van der Waals surface area contributed by atoms with Gasteiger partial charge in [0.25, 0.3) is 0 Å². The molecule has 0 saturated heterocycles. The normalized spacial score (nSPS) is 19.7. The Bertz CT molecular complexity index is 387. The second-order valence-corrected chi connectivity index (χ2v) is 5.22. The molecule has 1 unspecified atom stereocenters. The van der Waals surface area contributed by atoms with Gasteiger partial charge in [-0.15, -0.1) is 0 Å². The molecule has 1 atom stereocenters. The van der Waals surface area contributed by atoms with E-state index in [9.17, 15) is 5.11 Å². The van der Waals surface area contributed by atoms with Gasteiger partial charge in [0.1, 0.15) is 5.75 Å². The van der Waals surface area contributed by atoms with Gasteiger partial charge in [-0.25, -0.2) is 0 Å². The van der Waals surface area contributed by atoms with Crippen molar-refractivity contribution in [3.8, 4) is 5.75 Å². The van der Waals surface area contributed by atoms with Crippen molar-refractivity contribution in [2.24, 2.45) is 0 Å².